The maximum Gasteiger partial charge on any atom is 0.278 e. The standard InChI is InChI=1S/C16H17N3O2S/c20-15(19-14-9-11-3-6-13(14)18-11)10-1-4-12(5-2-10)21-16-17-7-8-22-16/h1-2,4-5,7-8,11,13-14,18H,3,6,9H2,(H,19,20)/t11-,13+,14-/m1/s1. The van der Waals surface area contributed by atoms with Crippen LogP contribution in [0.4, 0.5) is 0 Å². The summed E-state index contributed by atoms with van der Waals surface area (Å²) in [6, 6.07) is 8.48. The molecule has 2 fully saturated rings. The minimum Gasteiger partial charge on any atom is -0.431 e. The molecule has 1 amide bonds. The molecule has 6 heteroatoms. The quantitative estimate of drug-likeness (QED) is 0.910. The van der Waals surface area contributed by atoms with E-state index in [0.717, 1.165) is 12.8 Å². The Kier molecular flexibility index (Phi) is 3.56. The van der Waals surface area contributed by atoms with E-state index in [0.29, 0.717) is 28.6 Å². The Labute approximate surface area is 132 Å². The van der Waals surface area contributed by atoms with Crippen LogP contribution in [0.15, 0.2) is 35.8 Å². The largest absolute Gasteiger partial charge is 0.431 e. The summed E-state index contributed by atoms with van der Waals surface area (Å²) in [4.78, 5) is 16.4. The van der Waals surface area contributed by atoms with E-state index in [1.165, 1.54) is 17.8 Å². The fraction of sp³-hybridized carbons (Fsp3) is 0.375. The van der Waals surface area contributed by atoms with E-state index in [4.69, 9.17) is 4.74 Å². The molecule has 1 aromatic heterocycles. The van der Waals surface area contributed by atoms with E-state index in [9.17, 15) is 4.79 Å². The van der Waals surface area contributed by atoms with E-state index in [2.05, 4.69) is 15.6 Å². The lowest BCUT2D eigenvalue weighted by Crippen LogP contribution is -2.42. The normalized spacial score (nSPS) is 26.1. The molecule has 114 valence electrons. The van der Waals surface area contributed by atoms with Crippen LogP contribution in [0.1, 0.15) is 29.6 Å². The lowest BCUT2D eigenvalue weighted by Gasteiger charge is -2.21. The van der Waals surface area contributed by atoms with Crippen molar-refractivity contribution in [1.29, 1.82) is 0 Å². The molecule has 0 spiro atoms. The number of aromatic nitrogens is 1. The molecule has 0 radical (unpaired) electrons. The summed E-state index contributed by atoms with van der Waals surface area (Å²) < 4.78 is 5.59. The number of carbonyl (C=O) groups excluding carboxylic acids is 1. The molecule has 2 aliphatic heterocycles. The van der Waals surface area contributed by atoms with Gasteiger partial charge >= 0.3 is 0 Å². The van der Waals surface area contributed by atoms with Gasteiger partial charge in [0.1, 0.15) is 5.75 Å². The van der Waals surface area contributed by atoms with Crippen LogP contribution in [0, 0.1) is 0 Å². The van der Waals surface area contributed by atoms with Crippen molar-refractivity contribution in [3.8, 4) is 10.9 Å². The molecular formula is C16H17N3O2S. The summed E-state index contributed by atoms with van der Waals surface area (Å²) in [7, 11) is 0. The van der Waals surface area contributed by atoms with Gasteiger partial charge in [0.15, 0.2) is 0 Å². The van der Waals surface area contributed by atoms with E-state index in [1.807, 2.05) is 5.38 Å². The smallest absolute Gasteiger partial charge is 0.278 e. The lowest BCUT2D eigenvalue weighted by molar-refractivity contribution is 0.0931. The van der Waals surface area contributed by atoms with E-state index in [1.54, 1.807) is 30.5 Å². The van der Waals surface area contributed by atoms with Crippen molar-refractivity contribution in [2.24, 2.45) is 0 Å². The first-order valence-corrected chi connectivity index (χ1v) is 8.40. The van der Waals surface area contributed by atoms with Crippen molar-refractivity contribution in [1.82, 2.24) is 15.6 Å². The molecule has 1 aromatic carbocycles. The number of amides is 1. The molecule has 4 rings (SSSR count). The zero-order chi connectivity index (χ0) is 14.9. The van der Waals surface area contributed by atoms with Gasteiger partial charge in [-0.25, -0.2) is 4.98 Å². The van der Waals surface area contributed by atoms with Crippen LogP contribution in [0.2, 0.25) is 0 Å². The molecule has 2 N–H and O–H groups in total. The van der Waals surface area contributed by atoms with Crippen LogP contribution in [0.3, 0.4) is 0 Å². The van der Waals surface area contributed by atoms with E-state index < -0.39 is 0 Å². The number of benzene rings is 1. The second-order valence-electron chi connectivity index (χ2n) is 5.79. The first-order chi connectivity index (χ1) is 10.8. The van der Waals surface area contributed by atoms with Crippen LogP contribution in [-0.2, 0) is 0 Å². The Bertz CT molecular complexity index is 657. The Balaban J connectivity index is 1.38. The second-order valence-corrected chi connectivity index (χ2v) is 6.64. The van der Waals surface area contributed by atoms with Crippen molar-refractivity contribution in [2.45, 2.75) is 37.4 Å². The van der Waals surface area contributed by atoms with Gasteiger partial charge in [-0.2, -0.15) is 0 Å². The van der Waals surface area contributed by atoms with Gasteiger partial charge in [-0.15, -0.1) is 0 Å². The Morgan fingerprint density at radius 1 is 1.32 bits per heavy atom. The van der Waals surface area contributed by atoms with Gasteiger partial charge in [-0.1, -0.05) is 11.3 Å². The molecule has 2 bridgehead atoms. The number of ether oxygens (including phenoxy) is 1. The fourth-order valence-corrected chi connectivity index (χ4v) is 3.78. The van der Waals surface area contributed by atoms with Crippen molar-refractivity contribution in [3.63, 3.8) is 0 Å². The monoisotopic (exact) mass is 315 g/mol. The molecule has 3 heterocycles. The SMILES string of the molecule is O=C(N[C@@H]1C[C@H]2CC[C@@H]1N2)c1ccc(Oc2nccs2)cc1. The van der Waals surface area contributed by atoms with Gasteiger partial charge in [0, 0.05) is 35.3 Å². The Morgan fingerprint density at radius 2 is 2.18 bits per heavy atom. The summed E-state index contributed by atoms with van der Waals surface area (Å²) >= 11 is 1.44. The highest BCUT2D eigenvalue weighted by Gasteiger charge is 2.39. The Morgan fingerprint density at radius 3 is 2.82 bits per heavy atom. The van der Waals surface area contributed by atoms with Crippen LogP contribution in [0.25, 0.3) is 0 Å². The molecule has 22 heavy (non-hydrogen) atoms. The first-order valence-electron chi connectivity index (χ1n) is 7.52. The third-order valence-electron chi connectivity index (χ3n) is 4.35. The molecule has 0 unspecified atom stereocenters. The molecule has 5 nitrogen and oxygen atoms in total. The third-order valence-corrected chi connectivity index (χ3v) is 5.00. The summed E-state index contributed by atoms with van der Waals surface area (Å²) in [6.45, 7) is 0. The summed E-state index contributed by atoms with van der Waals surface area (Å²) in [5, 5.41) is 9.13. The average Bonchev–Trinajstić information content (AvgIpc) is 3.25. The maximum absolute atomic E-state index is 12.3. The topological polar surface area (TPSA) is 63.2 Å². The summed E-state index contributed by atoms with van der Waals surface area (Å²) in [6.07, 6.45) is 5.14. The average molecular weight is 315 g/mol. The number of nitrogens with zero attached hydrogens (tertiary/aromatic N) is 1. The highest BCUT2D eigenvalue weighted by atomic mass is 32.1. The maximum atomic E-state index is 12.3. The molecule has 0 saturated carbocycles. The van der Waals surface area contributed by atoms with Gasteiger partial charge in [-0.3, -0.25) is 4.79 Å². The number of fused-ring (bicyclic) bond motifs is 2. The van der Waals surface area contributed by atoms with Crippen molar-refractivity contribution in [3.05, 3.63) is 41.4 Å². The summed E-state index contributed by atoms with van der Waals surface area (Å²) in [5.41, 5.74) is 0.661. The second kappa shape index (κ2) is 5.70. The van der Waals surface area contributed by atoms with Crippen molar-refractivity contribution < 1.29 is 9.53 Å². The molecular weight excluding hydrogens is 298 g/mol. The molecule has 3 atom stereocenters. The lowest BCUT2D eigenvalue weighted by atomic mass is 9.95. The predicted molar refractivity (Wildman–Crippen MR) is 84.4 cm³/mol. The van der Waals surface area contributed by atoms with Crippen LogP contribution in [0.5, 0.6) is 10.9 Å². The van der Waals surface area contributed by atoms with Crippen LogP contribution < -0.4 is 15.4 Å². The predicted octanol–water partition coefficient (Wildman–Crippen LogP) is 2.56. The number of rotatable bonds is 4. The molecule has 0 aliphatic carbocycles. The highest BCUT2D eigenvalue weighted by Crippen LogP contribution is 2.28. The first kappa shape index (κ1) is 13.7. The number of hydrogen-bond acceptors (Lipinski definition) is 5. The number of carbonyl (C=O) groups is 1. The minimum absolute atomic E-state index is 0.0138. The third kappa shape index (κ3) is 2.71. The zero-order valence-electron chi connectivity index (χ0n) is 12.0. The van der Waals surface area contributed by atoms with Crippen molar-refractivity contribution in [2.75, 3.05) is 0 Å². The van der Waals surface area contributed by atoms with Gasteiger partial charge in [0.05, 0.1) is 0 Å². The highest BCUT2D eigenvalue weighted by molar-refractivity contribution is 7.11. The number of thiazole rings is 1. The van der Waals surface area contributed by atoms with Gasteiger partial charge in [0.2, 0.25) is 0 Å². The van der Waals surface area contributed by atoms with Gasteiger partial charge in [-0.05, 0) is 43.5 Å². The number of hydrogen-bond donors (Lipinski definition) is 2. The minimum atomic E-state index is -0.0138. The van der Waals surface area contributed by atoms with E-state index >= 15 is 0 Å². The van der Waals surface area contributed by atoms with Crippen molar-refractivity contribution >= 4 is 17.2 Å². The number of nitrogens with one attached hydrogen (secondary N) is 2. The van der Waals surface area contributed by atoms with Gasteiger partial charge in [0.25, 0.3) is 11.1 Å². The Hall–Kier alpha value is -1.92. The fourth-order valence-electron chi connectivity index (χ4n) is 3.27. The summed E-state index contributed by atoms with van der Waals surface area (Å²) in [5.74, 6) is 0.674. The molecule has 2 saturated heterocycles. The molecule has 2 aromatic rings. The van der Waals surface area contributed by atoms with Crippen LogP contribution in [-0.4, -0.2) is 29.0 Å². The zero-order valence-corrected chi connectivity index (χ0v) is 12.8. The van der Waals surface area contributed by atoms with E-state index in [-0.39, 0.29) is 11.9 Å². The van der Waals surface area contributed by atoms with Gasteiger partial charge < -0.3 is 15.4 Å². The van der Waals surface area contributed by atoms with Crippen LogP contribution >= 0.6 is 11.3 Å². The molecule has 2 aliphatic rings.